The smallest absolute Gasteiger partial charge is 0.244 e. The summed E-state index contributed by atoms with van der Waals surface area (Å²) in [4.78, 5) is 3.78. The second-order valence-electron chi connectivity index (χ2n) is 5.82. The number of hydrogen-bond acceptors (Lipinski definition) is 4. The van der Waals surface area contributed by atoms with Crippen molar-refractivity contribution >= 4 is 26.0 Å². The lowest BCUT2D eigenvalue weighted by Gasteiger charge is -2.29. The molecule has 27 heavy (non-hydrogen) atoms. The predicted octanol–water partition coefficient (Wildman–Crippen LogP) is 4.13. The Bertz CT molecular complexity index is 1100. The van der Waals surface area contributed by atoms with Crippen LogP contribution in [0.3, 0.4) is 0 Å². The molecule has 0 aliphatic rings. The van der Waals surface area contributed by atoms with E-state index in [9.17, 15) is 13.7 Å². The summed E-state index contributed by atoms with van der Waals surface area (Å²) >= 11 is 3.53. The number of benzene rings is 2. The molecule has 0 amide bonds. The minimum Gasteiger partial charge on any atom is -0.244 e. The van der Waals surface area contributed by atoms with Crippen LogP contribution in [0.1, 0.15) is 22.9 Å². The van der Waals surface area contributed by atoms with Gasteiger partial charge in [-0.1, -0.05) is 64.5 Å². The molecule has 136 valence electrons. The van der Waals surface area contributed by atoms with Crippen molar-refractivity contribution in [1.82, 2.24) is 9.29 Å². The van der Waals surface area contributed by atoms with E-state index >= 15 is 0 Å². The molecule has 2 aromatic carbocycles. The molecule has 0 bridgehead atoms. The molecular weight excluding hydrogens is 426 g/mol. The molecule has 1 aromatic heterocycles. The van der Waals surface area contributed by atoms with Crippen LogP contribution in [0.25, 0.3) is 0 Å². The van der Waals surface area contributed by atoms with Gasteiger partial charge in [0.1, 0.15) is 11.0 Å². The van der Waals surface area contributed by atoms with E-state index in [0.29, 0.717) is 0 Å². The van der Waals surface area contributed by atoms with Crippen LogP contribution in [0.15, 0.2) is 82.3 Å². The molecule has 0 N–H and O–H groups in total. The van der Waals surface area contributed by atoms with E-state index < -0.39 is 16.1 Å². The molecule has 0 saturated heterocycles. The van der Waals surface area contributed by atoms with Crippen LogP contribution in [-0.4, -0.2) is 24.8 Å². The number of hydrogen-bond donors (Lipinski definition) is 0. The number of nitriles is 1. The third-order valence-corrected chi connectivity index (χ3v) is 6.79. The molecule has 1 heterocycles. The second kappa shape index (κ2) is 8.01. The molecule has 5 nitrogen and oxygen atoms in total. The largest absolute Gasteiger partial charge is 0.246 e. The molecule has 1 unspecified atom stereocenters. The molecule has 0 aliphatic heterocycles. The van der Waals surface area contributed by atoms with Crippen LogP contribution in [0.5, 0.6) is 0 Å². The predicted molar refractivity (Wildman–Crippen MR) is 106 cm³/mol. The molecule has 0 fully saturated rings. The molecule has 3 aromatic rings. The molecule has 1 atom stereocenters. The first-order valence-corrected chi connectivity index (χ1v) is 10.3. The van der Waals surface area contributed by atoms with E-state index in [2.05, 4.69) is 20.9 Å². The first-order chi connectivity index (χ1) is 13.0. The van der Waals surface area contributed by atoms with Crippen LogP contribution >= 0.6 is 15.9 Å². The number of aromatic nitrogens is 1. The second-order valence-corrected chi connectivity index (χ2v) is 8.64. The summed E-state index contributed by atoms with van der Waals surface area (Å²) in [7, 11) is -2.45. The van der Waals surface area contributed by atoms with E-state index in [1.54, 1.807) is 0 Å². The summed E-state index contributed by atoms with van der Waals surface area (Å²) in [5.41, 5.74) is 1.50. The fourth-order valence-electron chi connectivity index (χ4n) is 2.89. The molecule has 0 saturated carbocycles. The van der Waals surface area contributed by atoms with Gasteiger partial charge in [-0.05, 0) is 29.3 Å². The summed E-state index contributed by atoms with van der Waals surface area (Å²) in [6.07, 6.45) is 1.40. The van der Waals surface area contributed by atoms with Crippen molar-refractivity contribution in [3.05, 3.63) is 94.2 Å². The van der Waals surface area contributed by atoms with Crippen molar-refractivity contribution in [2.24, 2.45) is 0 Å². The maximum Gasteiger partial charge on any atom is 0.246 e. The average Bonchev–Trinajstić information content (AvgIpc) is 2.70. The SMILES string of the molecule is CN(C(c1ccccc1)c1ccccc1Br)S(=O)(=O)c1cccnc1C#N. The zero-order chi connectivity index (χ0) is 19.4. The van der Waals surface area contributed by atoms with Crippen LogP contribution in [0, 0.1) is 11.3 Å². The molecule has 3 rings (SSSR count). The van der Waals surface area contributed by atoms with Gasteiger partial charge in [0, 0.05) is 17.7 Å². The minimum absolute atomic E-state index is 0.108. The van der Waals surface area contributed by atoms with Gasteiger partial charge in [0.25, 0.3) is 0 Å². The average molecular weight is 442 g/mol. The van der Waals surface area contributed by atoms with Gasteiger partial charge in [0.05, 0.1) is 6.04 Å². The lowest BCUT2D eigenvalue weighted by Crippen LogP contribution is -2.33. The van der Waals surface area contributed by atoms with Gasteiger partial charge >= 0.3 is 0 Å². The highest BCUT2D eigenvalue weighted by Gasteiger charge is 2.33. The highest BCUT2D eigenvalue weighted by atomic mass is 79.9. The molecule has 0 radical (unpaired) electrons. The summed E-state index contributed by atoms with van der Waals surface area (Å²) in [6, 6.07) is 21.1. The van der Waals surface area contributed by atoms with Crippen LogP contribution < -0.4 is 0 Å². The van der Waals surface area contributed by atoms with E-state index in [4.69, 9.17) is 0 Å². The van der Waals surface area contributed by atoms with Crippen molar-refractivity contribution in [3.8, 4) is 6.07 Å². The lowest BCUT2D eigenvalue weighted by molar-refractivity contribution is 0.416. The molecular formula is C20H16BrN3O2S. The highest BCUT2D eigenvalue weighted by molar-refractivity contribution is 9.10. The fraction of sp³-hybridized carbons (Fsp3) is 0.100. The van der Waals surface area contributed by atoms with E-state index in [1.165, 1.54) is 29.7 Å². The number of pyridine rings is 1. The third-order valence-electron chi connectivity index (χ3n) is 4.21. The number of rotatable bonds is 5. The van der Waals surface area contributed by atoms with Crippen molar-refractivity contribution in [1.29, 1.82) is 5.26 Å². The quantitative estimate of drug-likeness (QED) is 0.596. The summed E-state index contributed by atoms with van der Waals surface area (Å²) in [6.45, 7) is 0. The zero-order valence-corrected chi connectivity index (χ0v) is 16.9. The van der Waals surface area contributed by atoms with Crippen LogP contribution in [0.2, 0.25) is 0 Å². The Morgan fingerprint density at radius 2 is 1.70 bits per heavy atom. The van der Waals surface area contributed by atoms with Gasteiger partial charge in [-0.2, -0.15) is 9.57 Å². The summed E-state index contributed by atoms with van der Waals surface area (Å²) < 4.78 is 28.7. The highest BCUT2D eigenvalue weighted by Crippen LogP contribution is 2.36. The first-order valence-electron chi connectivity index (χ1n) is 8.09. The van der Waals surface area contributed by atoms with Crippen molar-refractivity contribution < 1.29 is 8.42 Å². The van der Waals surface area contributed by atoms with Crippen molar-refractivity contribution in [3.63, 3.8) is 0 Å². The number of sulfonamides is 1. The summed E-state index contributed by atoms with van der Waals surface area (Å²) in [5, 5.41) is 9.28. The van der Waals surface area contributed by atoms with Crippen LogP contribution in [0.4, 0.5) is 0 Å². The Kier molecular flexibility index (Phi) is 5.71. The van der Waals surface area contributed by atoms with E-state index in [0.717, 1.165) is 15.6 Å². The van der Waals surface area contributed by atoms with Gasteiger partial charge in [-0.25, -0.2) is 13.4 Å². The maximum absolute atomic E-state index is 13.3. The summed E-state index contributed by atoms with van der Waals surface area (Å²) in [5.74, 6) is 0. The number of halogens is 1. The molecule has 0 spiro atoms. The van der Waals surface area contributed by atoms with Crippen molar-refractivity contribution in [2.45, 2.75) is 10.9 Å². The Balaban J connectivity index is 2.18. The lowest BCUT2D eigenvalue weighted by atomic mass is 9.99. The van der Waals surface area contributed by atoms with Gasteiger partial charge in [-0.15, -0.1) is 0 Å². The van der Waals surface area contributed by atoms with Gasteiger partial charge in [-0.3, -0.25) is 0 Å². The Morgan fingerprint density at radius 3 is 2.37 bits per heavy atom. The van der Waals surface area contributed by atoms with E-state index in [-0.39, 0.29) is 10.6 Å². The van der Waals surface area contributed by atoms with E-state index in [1.807, 2.05) is 60.7 Å². The maximum atomic E-state index is 13.3. The third kappa shape index (κ3) is 3.78. The normalized spacial score (nSPS) is 12.5. The fourth-order valence-corrected chi connectivity index (χ4v) is 4.81. The Labute approximate surface area is 167 Å². The van der Waals surface area contributed by atoms with Gasteiger partial charge < -0.3 is 0 Å². The van der Waals surface area contributed by atoms with Crippen LogP contribution in [-0.2, 0) is 10.0 Å². The Hall–Kier alpha value is -2.53. The molecule has 7 heteroatoms. The Morgan fingerprint density at radius 1 is 1.04 bits per heavy atom. The molecule has 0 aliphatic carbocycles. The monoisotopic (exact) mass is 441 g/mol. The number of nitrogens with zero attached hydrogens (tertiary/aromatic N) is 3. The zero-order valence-electron chi connectivity index (χ0n) is 14.4. The van der Waals surface area contributed by atoms with Gasteiger partial charge in [0.2, 0.25) is 10.0 Å². The topological polar surface area (TPSA) is 74.1 Å². The first kappa shape index (κ1) is 19.2. The standard InChI is InChI=1S/C20H16BrN3O2S/c1-24(27(25,26)19-12-7-13-23-18(19)14-22)20(15-8-3-2-4-9-15)16-10-5-6-11-17(16)21/h2-13,20H,1H3. The van der Waals surface area contributed by atoms with Crippen molar-refractivity contribution in [2.75, 3.05) is 7.05 Å². The van der Waals surface area contributed by atoms with Gasteiger partial charge in [0.15, 0.2) is 5.69 Å². The minimum atomic E-state index is -3.97.